The van der Waals surface area contributed by atoms with E-state index >= 15 is 0 Å². The second-order valence-electron chi connectivity index (χ2n) is 5.60. The van der Waals surface area contributed by atoms with Crippen LogP contribution in [-0.2, 0) is 4.74 Å². The van der Waals surface area contributed by atoms with Gasteiger partial charge < -0.3 is 4.74 Å². The van der Waals surface area contributed by atoms with E-state index in [2.05, 4.69) is 21.2 Å². The van der Waals surface area contributed by atoms with Gasteiger partial charge in [-0.05, 0) is 24.8 Å². The topological polar surface area (TPSA) is 41.1 Å². The molecule has 1 unspecified atom stereocenters. The van der Waals surface area contributed by atoms with Gasteiger partial charge in [-0.2, -0.15) is 5.10 Å². The molecule has 18 heavy (non-hydrogen) atoms. The molecule has 0 bridgehead atoms. The van der Waals surface area contributed by atoms with Crippen molar-refractivity contribution < 1.29 is 4.74 Å². The highest BCUT2D eigenvalue weighted by atomic mass is 16.5. The Morgan fingerprint density at radius 1 is 1.33 bits per heavy atom. The smallest absolute Gasteiger partial charge is 0.0752 e. The van der Waals surface area contributed by atoms with E-state index in [9.17, 15) is 0 Å². The number of nitrogens with one attached hydrogen (secondary N) is 1. The van der Waals surface area contributed by atoms with Gasteiger partial charge in [-0.15, -0.1) is 0 Å². The van der Waals surface area contributed by atoms with Crippen LogP contribution in [0.5, 0.6) is 0 Å². The Morgan fingerprint density at radius 3 is 3.00 bits per heavy atom. The summed E-state index contributed by atoms with van der Waals surface area (Å²) in [5.74, 6) is 0.891. The van der Waals surface area contributed by atoms with Crippen molar-refractivity contribution in [2.24, 2.45) is 5.92 Å². The van der Waals surface area contributed by atoms with Crippen LogP contribution in [0.3, 0.4) is 0 Å². The van der Waals surface area contributed by atoms with Crippen LogP contribution in [0.1, 0.15) is 43.8 Å². The molecule has 3 rings (SSSR count). The Balaban J connectivity index is 1.64. The van der Waals surface area contributed by atoms with Gasteiger partial charge in [-0.25, -0.2) is 0 Å². The highest BCUT2D eigenvalue weighted by Gasteiger charge is 2.28. The zero-order valence-corrected chi connectivity index (χ0v) is 11.0. The molecule has 1 saturated heterocycles. The fraction of sp³-hybridized carbons (Fsp3) is 0.786. The molecule has 0 radical (unpaired) electrons. The van der Waals surface area contributed by atoms with E-state index < -0.39 is 0 Å². The third-order valence-electron chi connectivity index (χ3n) is 4.34. The first-order chi connectivity index (χ1) is 8.93. The molecular weight excluding hydrogens is 226 g/mol. The lowest BCUT2D eigenvalue weighted by Gasteiger charge is -2.38. The fourth-order valence-electron chi connectivity index (χ4n) is 3.30. The minimum atomic E-state index is 0.378. The fourth-order valence-corrected chi connectivity index (χ4v) is 3.30. The van der Waals surface area contributed by atoms with Gasteiger partial charge in [0.25, 0.3) is 0 Å². The van der Waals surface area contributed by atoms with Crippen molar-refractivity contribution in [2.45, 2.75) is 38.1 Å². The van der Waals surface area contributed by atoms with Crippen LogP contribution in [0, 0.1) is 5.92 Å². The number of morpholine rings is 1. The molecule has 4 heteroatoms. The first-order valence-corrected chi connectivity index (χ1v) is 7.24. The van der Waals surface area contributed by atoms with Crippen LogP contribution in [0.4, 0.5) is 0 Å². The monoisotopic (exact) mass is 249 g/mol. The molecule has 0 amide bonds. The normalized spacial score (nSPS) is 27.4. The van der Waals surface area contributed by atoms with E-state index in [1.807, 2.05) is 6.20 Å². The number of aromatic amines is 1. The average Bonchev–Trinajstić information content (AvgIpc) is 2.94. The number of hydrogen-bond acceptors (Lipinski definition) is 3. The molecule has 0 aromatic carbocycles. The molecular formula is C14H23N3O. The van der Waals surface area contributed by atoms with Crippen LogP contribution in [0.2, 0.25) is 0 Å². The minimum Gasteiger partial charge on any atom is -0.378 e. The summed E-state index contributed by atoms with van der Waals surface area (Å²) in [5, 5.41) is 7.17. The quantitative estimate of drug-likeness (QED) is 0.894. The molecule has 1 aliphatic heterocycles. The maximum Gasteiger partial charge on any atom is 0.0752 e. The maximum atomic E-state index is 5.64. The number of aromatic nitrogens is 2. The maximum absolute atomic E-state index is 5.64. The summed E-state index contributed by atoms with van der Waals surface area (Å²) in [7, 11) is 0. The van der Waals surface area contributed by atoms with Crippen molar-refractivity contribution in [1.29, 1.82) is 0 Å². The molecule has 0 spiro atoms. The number of H-pyrrole nitrogens is 1. The molecule has 1 aliphatic carbocycles. The predicted octanol–water partition coefficient (Wildman–Crippen LogP) is 2.36. The molecule has 4 nitrogen and oxygen atoms in total. The molecule has 1 atom stereocenters. The zero-order valence-electron chi connectivity index (χ0n) is 11.0. The van der Waals surface area contributed by atoms with Crippen molar-refractivity contribution >= 4 is 0 Å². The lowest BCUT2D eigenvalue weighted by molar-refractivity contribution is -0.0192. The van der Waals surface area contributed by atoms with Crippen molar-refractivity contribution in [2.75, 3.05) is 26.3 Å². The molecule has 2 fully saturated rings. The highest BCUT2D eigenvalue weighted by Crippen LogP contribution is 2.29. The predicted molar refractivity (Wildman–Crippen MR) is 70.3 cm³/mol. The molecule has 2 heterocycles. The van der Waals surface area contributed by atoms with Gasteiger partial charge in [0.2, 0.25) is 0 Å². The SMILES string of the molecule is c1cc(C2COCCN2CC2CCCCC2)[nH]n1. The van der Waals surface area contributed by atoms with Gasteiger partial charge in [0.1, 0.15) is 0 Å². The van der Waals surface area contributed by atoms with Crippen LogP contribution in [-0.4, -0.2) is 41.4 Å². The van der Waals surface area contributed by atoms with Crippen LogP contribution < -0.4 is 0 Å². The van der Waals surface area contributed by atoms with E-state index in [0.29, 0.717) is 6.04 Å². The molecule has 1 aromatic heterocycles. The standard InChI is InChI=1S/C14H23N3O/c1-2-4-12(5-3-1)10-17-8-9-18-11-14(17)13-6-7-15-16-13/h6-7,12,14H,1-5,8-11H2,(H,15,16). The Hall–Kier alpha value is -0.870. The molecule has 2 aliphatic rings. The van der Waals surface area contributed by atoms with Gasteiger partial charge in [0.15, 0.2) is 0 Å². The summed E-state index contributed by atoms with van der Waals surface area (Å²) in [6, 6.07) is 2.45. The minimum absolute atomic E-state index is 0.378. The van der Waals surface area contributed by atoms with E-state index in [-0.39, 0.29) is 0 Å². The van der Waals surface area contributed by atoms with Gasteiger partial charge in [0.05, 0.1) is 24.9 Å². The summed E-state index contributed by atoms with van der Waals surface area (Å²) >= 11 is 0. The zero-order chi connectivity index (χ0) is 12.2. The Kier molecular flexibility index (Phi) is 3.96. The van der Waals surface area contributed by atoms with E-state index in [0.717, 1.165) is 25.7 Å². The number of nitrogens with zero attached hydrogens (tertiary/aromatic N) is 2. The lowest BCUT2D eigenvalue weighted by atomic mass is 9.88. The summed E-state index contributed by atoms with van der Waals surface area (Å²) in [6.45, 7) is 3.96. The third kappa shape index (κ3) is 2.75. The van der Waals surface area contributed by atoms with Gasteiger partial charge in [-0.3, -0.25) is 10.00 Å². The van der Waals surface area contributed by atoms with Gasteiger partial charge >= 0.3 is 0 Å². The van der Waals surface area contributed by atoms with Crippen molar-refractivity contribution in [3.05, 3.63) is 18.0 Å². The van der Waals surface area contributed by atoms with Gasteiger partial charge in [0, 0.05) is 19.3 Å². The van der Waals surface area contributed by atoms with Crippen LogP contribution in [0.25, 0.3) is 0 Å². The summed E-state index contributed by atoms with van der Waals surface area (Å²) < 4.78 is 5.64. The van der Waals surface area contributed by atoms with Crippen molar-refractivity contribution in [1.82, 2.24) is 15.1 Å². The number of rotatable bonds is 3. The Morgan fingerprint density at radius 2 is 2.22 bits per heavy atom. The van der Waals surface area contributed by atoms with Crippen molar-refractivity contribution in [3.8, 4) is 0 Å². The highest BCUT2D eigenvalue weighted by molar-refractivity contribution is 5.06. The second-order valence-corrected chi connectivity index (χ2v) is 5.60. The average molecular weight is 249 g/mol. The number of hydrogen-bond donors (Lipinski definition) is 1. The van der Waals surface area contributed by atoms with E-state index in [4.69, 9.17) is 4.74 Å². The first kappa shape index (κ1) is 12.2. The number of ether oxygens (including phenoxy) is 1. The Bertz CT molecular complexity index is 346. The lowest BCUT2D eigenvalue weighted by Crippen LogP contribution is -2.42. The summed E-state index contributed by atoms with van der Waals surface area (Å²) in [5.41, 5.74) is 1.20. The van der Waals surface area contributed by atoms with Gasteiger partial charge in [-0.1, -0.05) is 19.3 Å². The van der Waals surface area contributed by atoms with E-state index in [1.54, 1.807) is 0 Å². The third-order valence-corrected chi connectivity index (χ3v) is 4.34. The molecule has 1 saturated carbocycles. The van der Waals surface area contributed by atoms with E-state index in [1.165, 1.54) is 44.3 Å². The molecule has 100 valence electrons. The molecule has 1 aromatic rings. The summed E-state index contributed by atoms with van der Waals surface area (Å²) in [4.78, 5) is 2.59. The second kappa shape index (κ2) is 5.85. The first-order valence-electron chi connectivity index (χ1n) is 7.24. The summed E-state index contributed by atoms with van der Waals surface area (Å²) in [6.07, 6.45) is 8.93. The van der Waals surface area contributed by atoms with Crippen molar-refractivity contribution in [3.63, 3.8) is 0 Å². The Labute approximate surface area is 109 Å². The van der Waals surface area contributed by atoms with Crippen LogP contribution >= 0.6 is 0 Å². The molecule has 1 N–H and O–H groups in total. The largest absolute Gasteiger partial charge is 0.378 e. The van der Waals surface area contributed by atoms with Crippen LogP contribution in [0.15, 0.2) is 12.3 Å².